The predicted octanol–water partition coefficient (Wildman–Crippen LogP) is 2.62. The third kappa shape index (κ3) is 5.77. The third-order valence-corrected chi connectivity index (χ3v) is 7.14. The average molecular weight is 541 g/mol. The fourth-order valence-corrected chi connectivity index (χ4v) is 4.96. The van der Waals surface area contributed by atoms with E-state index in [2.05, 4.69) is 15.5 Å². The molecule has 0 saturated carbocycles. The van der Waals surface area contributed by atoms with Gasteiger partial charge in [-0.2, -0.15) is 0 Å². The quantitative estimate of drug-likeness (QED) is 0.375. The molecule has 3 heterocycles. The minimum atomic E-state index is -0.653. The lowest BCUT2D eigenvalue weighted by molar-refractivity contribution is -0.135. The summed E-state index contributed by atoms with van der Waals surface area (Å²) in [6.07, 6.45) is 2.23. The highest BCUT2D eigenvalue weighted by atomic mass is 35.5. The molecule has 2 fully saturated rings. The Bertz CT molecular complexity index is 1370. The molecular weight excluding hydrogens is 512 g/mol. The molecule has 3 aromatic rings. The molecule has 3 amide bonds. The van der Waals surface area contributed by atoms with Crippen LogP contribution < -0.4 is 15.4 Å². The molecule has 0 bridgehead atoms. The second kappa shape index (κ2) is 11.4. The first-order chi connectivity index (χ1) is 18.4. The summed E-state index contributed by atoms with van der Waals surface area (Å²) in [7, 11) is 0. The number of morpholine rings is 1. The second-order valence-electron chi connectivity index (χ2n) is 9.38. The Kier molecular flexibility index (Phi) is 7.82. The Morgan fingerprint density at radius 3 is 2.76 bits per heavy atom. The minimum absolute atomic E-state index is 0.0352. The summed E-state index contributed by atoms with van der Waals surface area (Å²) >= 11 is 6.37. The number of benzene rings is 2. The number of carbonyl (C=O) groups is 3. The van der Waals surface area contributed by atoms with Gasteiger partial charge < -0.3 is 24.5 Å². The first-order valence-electron chi connectivity index (χ1n) is 12.6. The molecule has 1 aromatic heterocycles. The van der Waals surface area contributed by atoms with E-state index in [1.807, 2.05) is 6.07 Å². The monoisotopic (exact) mass is 540 g/mol. The summed E-state index contributed by atoms with van der Waals surface area (Å²) in [5, 5.41) is 17.5. The summed E-state index contributed by atoms with van der Waals surface area (Å²) < 4.78 is 12.6. The first kappa shape index (κ1) is 26.0. The molecule has 0 radical (unpaired) electrons. The lowest BCUT2D eigenvalue weighted by Gasteiger charge is -2.26. The zero-order valence-corrected chi connectivity index (χ0v) is 21.5. The first-order valence-corrected chi connectivity index (χ1v) is 12.9. The van der Waals surface area contributed by atoms with Gasteiger partial charge in [-0.15, -0.1) is 0 Å². The van der Waals surface area contributed by atoms with Gasteiger partial charge >= 0.3 is 0 Å². The van der Waals surface area contributed by atoms with E-state index in [9.17, 15) is 19.5 Å². The van der Waals surface area contributed by atoms with Crippen LogP contribution in [0, 0.1) is 0 Å². The molecule has 1 unspecified atom stereocenters. The number of nitrogens with zero attached hydrogens (tertiary/aromatic N) is 2. The van der Waals surface area contributed by atoms with Crippen LogP contribution in [0.4, 0.5) is 0 Å². The van der Waals surface area contributed by atoms with E-state index >= 15 is 0 Å². The molecule has 2 saturated heterocycles. The smallest absolute Gasteiger partial charge is 0.251 e. The van der Waals surface area contributed by atoms with Crippen LogP contribution in [0.5, 0.6) is 11.6 Å². The number of hydrogen-bond acceptors (Lipinski definition) is 7. The number of aromatic hydroxyl groups is 1. The average Bonchev–Trinajstić information content (AvgIpc) is 3.24. The maximum Gasteiger partial charge on any atom is 0.251 e. The van der Waals surface area contributed by atoms with Gasteiger partial charge in [-0.05, 0) is 42.3 Å². The maximum absolute atomic E-state index is 12.7. The van der Waals surface area contributed by atoms with E-state index < -0.39 is 11.9 Å². The SMILES string of the molecule is O=C1CCC(n2cc3cc(CNC(=O)c4ccc(OCCN5CCOCC5)c(Cl)c4)ccc3c2O)C(=O)N1. The van der Waals surface area contributed by atoms with E-state index in [1.54, 1.807) is 36.5 Å². The van der Waals surface area contributed by atoms with Crippen molar-refractivity contribution in [3.63, 3.8) is 0 Å². The number of aromatic nitrogens is 1. The Labute approximate surface area is 224 Å². The molecule has 200 valence electrons. The highest BCUT2D eigenvalue weighted by Gasteiger charge is 2.30. The fraction of sp³-hybridized carbons (Fsp3) is 0.370. The standard InChI is InChI=1S/C27H29ClN4O6/c28-21-14-18(2-5-23(21)38-12-9-31-7-10-37-11-8-31)25(34)29-15-17-1-3-20-19(13-17)16-32(27(20)36)22-4-6-24(33)30-26(22)35/h1-3,5,13-14,16,22,36H,4,6-12,15H2,(H,29,34)(H,30,33,35). The molecule has 0 aliphatic carbocycles. The Morgan fingerprint density at radius 1 is 1.18 bits per heavy atom. The van der Waals surface area contributed by atoms with Gasteiger partial charge in [-0.1, -0.05) is 17.7 Å². The Hall–Kier alpha value is -3.60. The van der Waals surface area contributed by atoms with Crippen LogP contribution in [0.3, 0.4) is 0 Å². The van der Waals surface area contributed by atoms with Gasteiger partial charge in [0.25, 0.3) is 5.91 Å². The maximum atomic E-state index is 12.7. The van der Waals surface area contributed by atoms with Gasteiger partial charge in [-0.3, -0.25) is 24.6 Å². The van der Waals surface area contributed by atoms with Crippen LogP contribution in [-0.2, 0) is 20.9 Å². The summed E-state index contributed by atoms with van der Waals surface area (Å²) in [4.78, 5) is 38.7. The molecule has 2 aromatic carbocycles. The fourth-order valence-electron chi connectivity index (χ4n) is 4.72. The number of carbonyl (C=O) groups excluding carboxylic acids is 3. The van der Waals surface area contributed by atoms with E-state index in [-0.39, 0.29) is 30.7 Å². The number of imide groups is 1. The van der Waals surface area contributed by atoms with Crippen molar-refractivity contribution in [3.8, 4) is 11.6 Å². The molecule has 38 heavy (non-hydrogen) atoms. The van der Waals surface area contributed by atoms with Crippen molar-refractivity contribution >= 4 is 40.1 Å². The van der Waals surface area contributed by atoms with Gasteiger partial charge in [0, 0.05) is 55.1 Å². The van der Waals surface area contributed by atoms with E-state index in [0.717, 1.165) is 43.8 Å². The summed E-state index contributed by atoms with van der Waals surface area (Å²) in [6, 6.07) is 9.69. The summed E-state index contributed by atoms with van der Waals surface area (Å²) in [6.45, 7) is 4.77. The van der Waals surface area contributed by atoms with Crippen molar-refractivity contribution in [2.24, 2.45) is 0 Å². The van der Waals surface area contributed by atoms with Crippen LogP contribution in [0.1, 0.15) is 34.8 Å². The number of ether oxygens (including phenoxy) is 2. The molecule has 0 spiro atoms. The molecule has 3 N–H and O–H groups in total. The molecule has 2 aliphatic rings. The van der Waals surface area contributed by atoms with Crippen LogP contribution in [0.15, 0.2) is 42.6 Å². The predicted molar refractivity (Wildman–Crippen MR) is 140 cm³/mol. The number of rotatable bonds is 8. The lowest BCUT2D eigenvalue weighted by Crippen LogP contribution is -2.41. The third-order valence-electron chi connectivity index (χ3n) is 6.84. The molecule has 10 nitrogen and oxygen atoms in total. The van der Waals surface area contributed by atoms with Crippen LogP contribution in [0.25, 0.3) is 10.8 Å². The molecule has 11 heteroatoms. The number of fused-ring (bicyclic) bond motifs is 1. The van der Waals surface area contributed by atoms with Crippen molar-refractivity contribution in [2.45, 2.75) is 25.4 Å². The van der Waals surface area contributed by atoms with Gasteiger partial charge in [0.05, 0.1) is 18.2 Å². The zero-order chi connectivity index (χ0) is 26.6. The zero-order valence-electron chi connectivity index (χ0n) is 20.7. The molecular formula is C27H29ClN4O6. The van der Waals surface area contributed by atoms with E-state index in [0.29, 0.717) is 34.7 Å². The van der Waals surface area contributed by atoms with Crippen molar-refractivity contribution in [2.75, 3.05) is 39.5 Å². The van der Waals surface area contributed by atoms with Crippen molar-refractivity contribution in [3.05, 3.63) is 58.7 Å². The largest absolute Gasteiger partial charge is 0.494 e. The molecule has 5 rings (SSSR count). The van der Waals surface area contributed by atoms with Gasteiger partial charge in [0.1, 0.15) is 18.4 Å². The van der Waals surface area contributed by atoms with Gasteiger partial charge in [0.2, 0.25) is 11.8 Å². The Morgan fingerprint density at radius 2 is 2.00 bits per heavy atom. The topological polar surface area (TPSA) is 122 Å². The van der Waals surface area contributed by atoms with Gasteiger partial charge in [0.15, 0.2) is 5.88 Å². The lowest BCUT2D eigenvalue weighted by atomic mass is 10.1. The number of nitrogens with one attached hydrogen (secondary N) is 2. The minimum Gasteiger partial charge on any atom is -0.494 e. The van der Waals surface area contributed by atoms with Crippen molar-refractivity contribution in [1.82, 2.24) is 20.1 Å². The number of hydrogen-bond donors (Lipinski definition) is 3. The van der Waals surface area contributed by atoms with Crippen LogP contribution in [0.2, 0.25) is 5.02 Å². The van der Waals surface area contributed by atoms with Gasteiger partial charge in [-0.25, -0.2) is 0 Å². The van der Waals surface area contributed by atoms with Crippen LogP contribution >= 0.6 is 11.6 Å². The highest BCUT2D eigenvalue weighted by molar-refractivity contribution is 6.32. The number of halogens is 1. The number of piperidine rings is 1. The second-order valence-corrected chi connectivity index (χ2v) is 9.79. The number of amides is 3. The van der Waals surface area contributed by atoms with E-state index in [1.165, 1.54) is 4.57 Å². The summed E-state index contributed by atoms with van der Waals surface area (Å²) in [5.41, 5.74) is 1.23. The van der Waals surface area contributed by atoms with E-state index in [4.69, 9.17) is 21.1 Å². The van der Waals surface area contributed by atoms with Crippen LogP contribution in [-0.4, -0.2) is 71.7 Å². The summed E-state index contributed by atoms with van der Waals surface area (Å²) in [5.74, 6) is -0.533. The molecule has 1 atom stereocenters. The molecule has 2 aliphatic heterocycles. The van der Waals surface area contributed by atoms with Crippen molar-refractivity contribution in [1.29, 1.82) is 0 Å². The highest BCUT2D eigenvalue weighted by Crippen LogP contribution is 2.33. The normalized spacial score (nSPS) is 18.4. The van der Waals surface area contributed by atoms with Crippen molar-refractivity contribution < 1.29 is 29.0 Å². The Balaban J connectivity index is 1.18.